The van der Waals surface area contributed by atoms with Crippen molar-refractivity contribution in [3.05, 3.63) is 70.3 Å². The highest BCUT2D eigenvalue weighted by molar-refractivity contribution is 6.31. The number of aromatic nitrogens is 1. The minimum absolute atomic E-state index is 0.0383. The lowest BCUT2D eigenvalue weighted by Crippen LogP contribution is -2.53. The maximum Gasteiger partial charge on any atom is 0.253 e. The van der Waals surface area contributed by atoms with Crippen LogP contribution in [0.2, 0.25) is 10.0 Å². The van der Waals surface area contributed by atoms with E-state index in [9.17, 15) is 9.59 Å². The zero-order valence-electron chi connectivity index (χ0n) is 18.8. The molecule has 8 heteroatoms. The Bertz CT molecular complexity index is 1210. The molecule has 1 atom stereocenters. The van der Waals surface area contributed by atoms with Gasteiger partial charge in [-0.2, -0.15) is 0 Å². The van der Waals surface area contributed by atoms with E-state index in [4.69, 9.17) is 23.2 Å². The third-order valence-electron chi connectivity index (χ3n) is 6.76. The van der Waals surface area contributed by atoms with Gasteiger partial charge in [0.1, 0.15) is 0 Å². The van der Waals surface area contributed by atoms with Gasteiger partial charge in [0.05, 0.1) is 11.4 Å². The molecule has 0 aliphatic carbocycles. The molecule has 2 fully saturated rings. The third kappa shape index (κ3) is 4.70. The fourth-order valence-corrected chi connectivity index (χ4v) is 5.24. The molecule has 2 aromatic carbocycles. The average Bonchev–Trinajstić information content (AvgIpc) is 2.88. The van der Waals surface area contributed by atoms with Gasteiger partial charge in [-0.25, -0.2) is 0 Å². The molecule has 2 amide bonds. The Morgan fingerprint density at radius 3 is 2.35 bits per heavy atom. The van der Waals surface area contributed by atoms with Gasteiger partial charge in [0.25, 0.3) is 5.91 Å². The Balaban J connectivity index is 1.22. The van der Waals surface area contributed by atoms with Crippen molar-refractivity contribution in [3.8, 4) is 0 Å². The summed E-state index contributed by atoms with van der Waals surface area (Å²) in [6.45, 7) is 3.99. The highest BCUT2D eigenvalue weighted by Gasteiger charge is 2.33. The number of piperidine rings is 1. The standard InChI is InChI=1S/C26H26Cl2N4O2/c27-20-5-3-18(4-6-20)25(33)32-11-1-2-19(17-32)26(34)31-14-12-30(13-15-31)24-9-10-29-23-16-21(28)7-8-22(23)24/h3-10,16,19H,1-2,11-15,17H2. The van der Waals surface area contributed by atoms with E-state index in [-0.39, 0.29) is 17.7 Å². The normalized spacial score (nSPS) is 18.9. The second-order valence-corrected chi connectivity index (χ2v) is 9.77. The first-order chi connectivity index (χ1) is 16.5. The van der Waals surface area contributed by atoms with Gasteiger partial charge in [0.2, 0.25) is 5.91 Å². The van der Waals surface area contributed by atoms with E-state index in [1.807, 2.05) is 29.2 Å². The lowest BCUT2D eigenvalue weighted by molar-refractivity contribution is -0.137. The summed E-state index contributed by atoms with van der Waals surface area (Å²) in [4.78, 5) is 36.7. The number of rotatable bonds is 3. The van der Waals surface area contributed by atoms with Gasteiger partial charge in [-0.15, -0.1) is 0 Å². The van der Waals surface area contributed by atoms with Crippen LogP contribution in [-0.2, 0) is 4.79 Å². The third-order valence-corrected chi connectivity index (χ3v) is 7.25. The monoisotopic (exact) mass is 496 g/mol. The van der Waals surface area contributed by atoms with Crippen LogP contribution in [0.25, 0.3) is 10.9 Å². The van der Waals surface area contributed by atoms with Crippen LogP contribution in [0.1, 0.15) is 23.2 Å². The van der Waals surface area contributed by atoms with E-state index >= 15 is 0 Å². The van der Waals surface area contributed by atoms with Crippen LogP contribution in [0, 0.1) is 5.92 Å². The minimum atomic E-state index is -0.152. The average molecular weight is 497 g/mol. The van der Waals surface area contributed by atoms with Crippen molar-refractivity contribution in [1.82, 2.24) is 14.8 Å². The number of hydrogen-bond acceptors (Lipinski definition) is 4. The largest absolute Gasteiger partial charge is 0.367 e. The van der Waals surface area contributed by atoms with Crippen molar-refractivity contribution in [1.29, 1.82) is 0 Å². The Morgan fingerprint density at radius 1 is 0.853 bits per heavy atom. The maximum absolute atomic E-state index is 13.3. The second-order valence-electron chi connectivity index (χ2n) is 8.90. The molecule has 0 saturated carbocycles. The van der Waals surface area contributed by atoms with Gasteiger partial charge in [0.15, 0.2) is 0 Å². The summed E-state index contributed by atoms with van der Waals surface area (Å²) in [5.74, 6) is -0.0382. The summed E-state index contributed by atoms with van der Waals surface area (Å²) in [7, 11) is 0. The van der Waals surface area contributed by atoms with E-state index < -0.39 is 0 Å². The molecule has 1 unspecified atom stereocenters. The Hall–Kier alpha value is -2.83. The highest BCUT2D eigenvalue weighted by atomic mass is 35.5. The number of hydrogen-bond donors (Lipinski definition) is 0. The van der Waals surface area contributed by atoms with Crippen molar-refractivity contribution in [2.75, 3.05) is 44.2 Å². The number of halogens is 2. The summed E-state index contributed by atoms with van der Waals surface area (Å²) in [6, 6.07) is 14.7. The lowest BCUT2D eigenvalue weighted by atomic mass is 9.95. The number of piperazine rings is 1. The zero-order valence-corrected chi connectivity index (χ0v) is 20.3. The Morgan fingerprint density at radius 2 is 1.59 bits per heavy atom. The molecule has 6 nitrogen and oxygen atoms in total. The second kappa shape index (κ2) is 9.80. The van der Waals surface area contributed by atoms with Crippen LogP contribution in [0.3, 0.4) is 0 Å². The molecule has 3 heterocycles. The van der Waals surface area contributed by atoms with Crippen molar-refractivity contribution in [3.63, 3.8) is 0 Å². The predicted octanol–water partition coefficient (Wildman–Crippen LogP) is 4.74. The number of benzene rings is 2. The smallest absolute Gasteiger partial charge is 0.253 e. The molecule has 34 heavy (non-hydrogen) atoms. The molecule has 2 aliphatic heterocycles. The Labute approximate surface area is 209 Å². The molecule has 5 rings (SSSR count). The molecule has 0 bridgehead atoms. The number of amides is 2. The maximum atomic E-state index is 13.3. The van der Waals surface area contributed by atoms with Gasteiger partial charge in [-0.05, 0) is 61.4 Å². The van der Waals surface area contributed by atoms with Crippen LogP contribution in [0.4, 0.5) is 5.69 Å². The van der Waals surface area contributed by atoms with Gasteiger partial charge >= 0.3 is 0 Å². The molecule has 176 valence electrons. The summed E-state index contributed by atoms with van der Waals surface area (Å²) in [5, 5.41) is 2.34. The van der Waals surface area contributed by atoms with E-state index in [1.54, 1.807) is 35.4 Å². The fourth-order valence-electron chi connectivity index (χ4n) is 4.95. The summed E-state index contributed by atoms with van der Waals surface area (Å²) in [5.41, 5.74) is 2.60. The summed E-state index contributed by atoms with van der Waals surface area (Å²) in [6.07, 6.45) is 3.46. The predicted molar refractivity (Wildman–Crippen MR) is 136 cm³/mol. The molecular weight excluding hydrogens is 471 g/mol. The molecule has 1 aromatic heterocycles. The van der Waals surface area contributed by atoms with E-state index in [1.165, 1.54) is 0 Å². The van der Waals surface area contributed by atoms with Gasteiger partial charge in [-0.1, -0.05) is 23.2 Å². The van der Waals surface area contributed by atoms with Crippen LogP contribution in [-0.4, -0.2) is 65.9 Å². The van der Waals surface area contributed by atoms with E-state index in [2.05, 4.69) is 9.88 Å². The van der Waals surface area contributed by atoms with Crippen molar-refractivity contribution >= 4 is 51.6 Å². The van der Waals surface area contributed by atoms with Crippen LogP contribution in [0.5, 0.6) is 0 Å². The Kier molecular flexibility index (Phi) is 6.61. The van der Waals surface area contributed by atoms with Crippen LogP contribution < -0.4 is 4.90 Å². The first-order valence-corrected chi connectivity index (χ1v) is 12.4. The fraction of sp³-hybridized carbons (Fsp3) is 0.346. The summed E-state index contributed by atoms with van der Waals surface area (Å²) >= 11 is 12.1. The first kappa shape index (κ1) is 22.9. The van der Waals surface area contributed by atoms with Crippen LogP contribution in [0.15, 0.2) is 54.7 Å². The highest BCUT2D eigenvalue weighted by Crippen LogP contribution is 2.29. The van der Waals surface area contributed by atoms with Crippen LogP contribution >= 0.6 is 23.2 Å². The number of anilines is 1. The van der Waals surface area contributed by atoms with Gasteiger partial charge in [-0.3, -0.25) is 14.6 Å². The lowest BCUT2D eigenvalue weighted by Gasteiger charge is -2.40. The van der Waals surface area contributed by atoms with Crippen molar-refractivity contribution in [2.24, 2.45) is 5.92 Å². The van der Waals surface area contributed by atoms with Crippen molar-refractivity contribution in [2.45, 2.75) is 12.8 Å². The SMILES string of the molecule is O=C(c1ccc(Cl)cc1)N1CCCC(C(=O)N2CCN(c3ccnc4cc(Cl)ccc34)CC2)C1. The first-order valence-electron chi connectivity index (χ1n) is 11.6. The molecule has 0 N–H and O–H groups in total. The van der Waals surface area contributed by atoms with E-state index in [0.717, 1.165) is 42.5 Å². The molecule has 0 radical (unpaired) electrons. The number of nitrogens with zero attached hydrogens (tertiary/aromatic N) is 4. The number of fused-ring (bicyclic) bond motifs is 1. The van der Waals surface area contributed by atoms with Crippen molar-refractivity contribution < 1.29 is 9.59 Å². The minimum Gasteiger partial charge on any atom is -0.367 e. The quantitative estimate of drug-likeness (QED) is 0.525. The van der Waals surface area contributed by atoms with E-state index in [0.29, 0.717) is 41.8 Å². The molecular formula is C26H26Cl2N4O2. The topological polar surface area (TPSA) is 56.8 Å². The zero-order chi connectivity index (χ0) is 23.7. The number of pyridine rings is 1. The number of carbonyl (C=O) groups is 2. The number of likely N-dealkylation sites (tertiary alicyclic amines) is 1. The molecule has 2 aliphatic rings. The molecule has 0 spiro atoms. The van der Waals surface area contributed by atoms with Gasteiger partial charge in [0, 0.05) is 72.1 Å². The number of carbonyl (C=O) groups excluding carboxylic acids is 2. The molecule has 3 aromatic rings. The summed E-state index contributed by atoms with van der Waals surface area (Å²) < 4.78 is 0. The van der Waals surface area contributed by atoms with Gasteiger partial charge < -0.3 is 14.7 Å². The molecule has 2 saturated heterocycles.